The fourth-order valence-corrected chi connectivity index (χ4v) is 2.33. The van der Waals surface area contributed by atoms with Crippen molar-refractivity contribution in [1.82, 2.24) is 15.1 Å². The van der Waals surface area contributed by atoms with Gasteiger partial charge in [0.15, 0.2) is 0 Å². The molecule has 0 amide bonds. The van der Waals surface area contributed by atoms with E-state index < -0.39 is 0 Å². The third kappa shape index (κ3) is 3.89. The van der Waals surface area contributed by atoms with Crippen molar-refractivity contribution in [3.63, 3.8) is 0 Å². The van der Waals surface area contributed by atoms with Gasteiger partial charge in [-0.15, -0.1) is 6.58 Å². The van der Waals surface area contributed by atoms with Gasteiger partial charge in [0.25, 0.3) is 0 Å². The Morgan fingerprint density at radius 2 is 2.25 bits per heavy atom. The lowest BCUT2D eigenvalue weighted by Crippen LogP contribution is -2.55. The van der Waals surface area contributed by atoms with Crippen molar-refractivity contribution in [2.45, 2.75) is 32.4 Å². The maximum Gasteiger partial charge on any atom is 0.0218 e. The molecule has 2 unspecified atom stereocenters. The molecule has 1 heterocycles. The van der Waals surface area contributed by atoms with E-state index in [1.54, 1.807) is 0 Å². The molecule has 1 aliphatic rings. The van der Waals surface area contributed by atoms with Crippen molar-refractivity contribution in [2.75, 3.05) is 39.8 Å². The molecular weight excluding hydrogens is 198 g/mol. The summed E-state index contributed by atoms with van der Waals surface area (Å²) in [6.45, 7) is 13.9. The van der Waals surface area contributed by atoms with Gasteiger partial charge in [0.2, 0.25) is 0 Å². The molecule has 3 nitrogen and oxygen atoms in total. The third-order valence-corrected chi connectivity index (χ3v) is 3.63. The number of hydrogen-bond donors (Lipinski definition) is 1. The molecule has 0 bridgehead atoms. The lowest BCUT2D eigenvalue weighted by Gasteiger charge is -2.42. The van der Waals surface area contributed by atoms with E-state index in [4.69, 9.17) is 0 Å². The van der Waals surface area contributed by atoms with Crippen LogP contribution in [0.25, 0.3) is 0 Å². The highest BCUT2D eigenvalue weighted by Crippen LogP contribution is 2.12. The molecule has 0 aromatic heterocycles. The standard InChI is InChI=1S/C13H27N3/c1-5-7-14-10-12(3)16-9-8-15(4)13(6-2)11-16/h5,12-14H,1,6-11H2,2-4H3. The largest absolute Gasteiger partial charge is 0.312 e. The molecule has 0 radical (unpaired) electrons. The third-order valence-electron chi connectivity index (χ3n) is 3.63. The van der Waals surface area contributed by atoms with Gasteiger partial charge >= 0.3 is 0 Å². The Kier molecular flexibility index (Phi) is 6.03. The second-order valence-electron chi connectivity index (χ2n) is 4.83. The van der Waals surface area contributed by atoms with Crippen LogP contribution in [-0.4, -0.2) is 61.7 Å². The summed E-state index contributed by atoms with van der Waals surface area (Å²) in [4.78, 5) is 5.09. The van der Waals surface area contributed by atoms with Crippen LogP contribution in [0.15, 0.2) is 12.7 Å². The fraction of sp³-hybridized carbons (Fsp3) is 0.846. The van der Waals surface area contributed by atoms with Crippen molar-refractivity contribution in [2.24, 2.45) is 0 Å². The maximum atomic E-state index is 3.72. The summed E-state index contributed by atoms with van der Waals surface area (Å²) in [7, 11) is 2.24. The summed E-state index contributed by atoms with van der Waals surface area (Å²) in [5, 5.41) is 3.40. The van der Waals surface area contributed by atoms with E-state index in [-0.39, 0.29) is 0 Å². The summed E-state index contributed by atoms with van der Waals surface area (Å²) >= 11 is 0. The van der Waals surface area contributed by atoms with Crippen LogP contribution in [0.2, 0.25) is 0 Å². The van der Waals surface area contributed by atoms with E-state index in [1.807, 2.05) is 6.08 Å². The molecule has 2 atom stereocenters. The van der Waals surface area contributed by atoms with Gasteiger partial charge in [0.1, 0.15) is 0 Å². The van der Waals surface area contributed by atoms with Crippen LogP contribution in [-0.2, 0) is 0 Å². The Morgan fingerprint density at radius 1 is 1.50 bits per heavy atom. The van der Waals surface area contributed by atoms with Gasteiger partial charge in [0, 0.05) is 44.8 Å². The molecule has 1 fully saturated rings. The van der Waals surface area contributed by atoms with E-state index in [9.17, 15) is 0 Å². The van der Waals surface area contributed by atoms with Crippen molar-refractivity contribution < 1.29 is 0 Å². The average molecular weight is 225 g/mol. The summed E-state index contributed by atoms with van der Waals surface area (Å²) in [5.74, 6) is 0. The molecule has 3 heteroatoms. The molecule has 16 heavy (non-hydrogen) atoms. The van der Waals surface area contributed by atoms with Crippen molar-refractivity contribution >= 4 is 0 Å². The maximum absolute atomic E-state index is 3.72. The van der Waals surface area contributed by atoms with Gasteiger partial charge in [-0.3, -0.25) is 4.90 Å². The minimum atomic E-state index is 0.628. The summed E-state index contributed by atoms with van der Waals surface area (Å²) in [5.41, 5.74) is 0. The number of rotatable bonds is 6. The van der Waals surface area contributed by atoms with E-state index in [0.717, 1.165) is 19.1 Å². The normalized spacial score (nSPS) is 25.6. The summed E-state index contributed by atoms with van der Waals surface area (Å²) < 4.78 is 0. The van der Waals surface area contributed by atoms with Gasteiger partial charge < -0.3 is 10.2 Å². The molecule has 1 rings (SSSR count). The molecule has 0 aliphatic carbocycles. The van der Waals surface area contributed by atoms with Crippen molar-refractivity contribution in [3.05, 3.63) is 12.7 Å². The number of likely N-dealkylation sites (N-methyl/N-ethyl adjacent to an activating group) is 1. The Hall–Kier alpha value is -0.380. The number of nitrogens with zero attached hydrogens (tertiary/aromatic N) is 2. The van der Waals surface area contributed by atoms with Gasteiger partial charge in [-0.25, -0.2) is 0 Å². The van der Waals surface area contributed by atoms with E-state index >= 15 is 0 Å². The predicted molar refractivity (Wildman–Crippen MR) is 70.8 cm³/mol. The van der Waals surface area contributed by atoms with E-state index in [2.05, 4.69) is 42.6 Å². The average Bonchev–Trinajstić information content (AvgIpc) is 2.30. The zero-order chi connectivity index (χ0) is 12.0. The lowest BCUT2D eigenvalue weighted by molar-refractivity contribution is 0.0678. The van der Waals surface area contributed by atoms with Crippen molar-refractivity contribution in [3.8, 4) is 0 Å². The Labute approximate surface area is 100 Å². The minimum absolute atomic E-state index is 0.628. The Bertz CT molecular complexity index is 205. The van der Waals surface area contributed by atoms with Gasteiger partial charge in [-0.1, -0.05) is 13.0 Å². The zero-order valence-corrected chi connectivity index (χ0v) is 11.1. The van der Waals surface area contributed by atoms with Crippen LogP contribution >= 0.6 is 0 Å². The monoisotopic (exact) mass is 225 g/mol. The highest BCUT2D eigenvalue weighted by molar-refractivity contribution is 4.83. The molecule has 0 saturated carbocycles. The summed E-state index contributed by atoms with van der Waals surface area (Å²) in [6, 6.07) is 1.36. The zero-order valence-electron chi connectivity index (χ0n) is 11.1. The number of piperazine rings is 1. The van der Waals surface area contributed by atoms with Crippen LogP contribution < -0.4 is 5.32 Å². The quantitative estimate of drug-likeness (QED) is 0.541. The lowest BCUT2D eigenvalue weighted by atomic mass is 10.1. The molecule has 0 aromatic carbocycles. The van der Waals surface area contributed by atoms with E-state index in [1.165, 1.54) is 26.1 Å². The molecule has 0 aromatic rings. The minimum Gasteiger partial charge on any atom is -0.312 e. The van der Waals surface area contributed by atoms with Crippen LogP contribution in [0, 0.1) is 0 Å². The first-order valence-electron chi connectivity index (χ1n) is 6.45. The second kappa shape index (κ2) is 7.05. The van der Waals surface area contributed by atoms with Crippen molar-refractivity contribution in [1.29, 1.82) is 0 Å². The highest BCUT2D eigenvalue weighted by atomic mass is 15.3. The first kappa shape index (κ1) is 13.7. The first-order valence-corrected chi connectivity index (χ1v) is 6.45. The first-order chi connectivity index (χ1) is 7.69. The van der Waals surface area contributed by atoms with E-state index in [0.29, 0.717) is 6.04 Å². The Morgan fingerprint density at radius 3 is 2.88 bits per heavy atom. The van der Waals surface area contributed by atoms with Crippen LogP contribution in [0.4, 0.5) is 0 Å². The van der Waals surface area contributed by atoms with Gasteiger partial charge in [0.05, 0.1) is 0 Å². The molecule has 1 aliphatic heterocycles. The molecule has 1 saturated heterocycles. The molecule has 0 spiro atoms. The molecular formula is C13H27N3. The van der Waals surface area contributed by atoms with Crippen LogP contribution in [0.5, 0.6) is 0 Å². The number of hydrogen-bond acceptors (Lipinski definition) is 3. The predicted octanol–water partition coefficient (Wildman–Crippen LogP) is 1.18. The Balaban J connectivity index is 2.33. The smallest absolute Gasteiger partial charge is 0.0218 e. The topological polar surface area (TPSA) is 18.5 Å². The fourth-order valence-electron chi connectivity index (χ4n) is 2.33. The summed E-state index contributed by atoms with van der Waals surface area (Å²) in [6.07, 6.45) is 3.17. The van der Waals surface area contributed by atoms with Crippen LogP contribution in [0.3, 0.4) is 0 Å². The molecule has 94 valence electrons. The number of nitrogens with one attached hydrogen (secondary N) is 1. The highest BCUT2D eigenvalue weighted by Gasteiger charge is 2.25. The second-order valence-corrected chi connectivity index (χ2v) is 4.83. The van der Waals surface area contributed by atoms with Crippen LogP contribution in [0.1, 0.15) is 20.3 Å². The SMILES string of the molecule is C=CCNCC(C)N1CCN(C)C(CC)C1. The van der Waals surface area contributed by atoms with Gasteiger partial charge in [-0.2, -0.15) is 0 Å². The van der Waals surface area contributed by atoms with Gasteiger partial charge in [-0.05, 0) is 20.4 Å². The molecule has 1 N–H and O–H groups in total.